The first kappa shape index (κ1) is 25.4. The molecule has 0 N–H and O–H groups in total. The Labute approximate surface area is 240 Å². The summed E-state index contributed by atoms with van der Waals surface area (Å²) < 4.78 is 19.7. The van der Waals surface area contributed by atoms with Crippen molar-refractivity contribution in [3.05, 3.63) is 136 Å². The summed E-state index contributed by atoms with van der Waals surface area (Å²) in [5.74, 6) is -1.60. The number of hydrogen-bond donors (Lipinski definition) is 0. The van der Waals surface area contributed by atoms with Crippen LogP contribution < -0.4 is 9.64 Å². The summed E-state index contributed by atoms with van der Waals surface area (Å²) in [6, 6.07) is 23.1. The van der Waals surface area contributed by atoms with Crippen LogP contribution in [-0.4, -0.2) is 36.5 Å². The van der Waals surface area contributed by atoms with Gasteiger partial charge in [-0.2, -0.15) is 0 Å². The second kappa shape index (κ2) is 9.25. The number of halogens is 2. The fourth-order valence-electron chi connectivity index (χ4n) is 6.92. The van der Waals surface area contributed by atoms with Crippen LogP contribution in [0.2, 0.25) is 5.02 Å². The Morgan fingerprint density at radius 3 is 2.20 bits per heavy atom. The molecule has 1 spiro atoms. The smallest absolute Gasteiger partial charge is 0.185 e. The number of fused-ring (bicyclic) bond motifs is 5. The van der Waals surface area contributed by atoms with Gasteiger partial charge in [0.05, 0.1) is 13.2 Å². The van der Waals surface area contributed by atoms with E-state index in [4.69, 9.17) is 16.3 Å². The predicted octanol–water partition coefficient (Wildman–Crippen LogP) is 6.80. The highest BCUT2D eigenvalue weighted by Gasteiger charge is 2.71. The Morgan fingerprint density at radius 2 is 1.56 bits per heavy atom. The molecule has 4 aromatic rings. The largest absolute Gasteiger partial charge is 0.497 e. The van der Waals surface area contributed by atoms with Crippen molar-refractivity contribution >= 4 is 40.7 Å². The minimum atomic E-state index is -1.63. The van der Waals surface area contributed by atoms with E-state index in [0.717, 1.165) is 0 Å². The van der Waals surface area contributed by atoms with Gasteiger partial charge >= 0.3 is 0 Å². The number of rotatable bonds is 4. The van der Waals surface area contributed by atoms with E-state index < -0.39 is 29.2 Å². The van der Waals surface area contributed by atoms with E-state index in [9.17, 15) is 18.8 Å². The number of benzene rings is 4. The van der Waals surface area contributed by atoms with Crippen molar-refractivity contribution in [3.63, 3.8) is 0 Å². The maximum Gasteiger partial charge on any atom is 0.185 e. The maximum atomic E-state index is 14.6. The van der Waals surface area contributed by atoms with Gasteiger partial charge in [0.25, 0.3) is 0 Å². The lowest BCUT2D eigenvalue weighted by atomic mass is 9.64. The van der Waals surface area contributed by atoms with Crippen LogP contribution in [0.4, 0.5) is 10.1 Å². The van der Waals surface area contributed by atoms with Gasteiger partial charge in [0.2, 0.25) is 0 Å². The maximum absolute atomic E-state index is 14.6. The van der Waals surface area contributed by atoms with E-state index in [1.54, 1.807) is 86.0 Å². The van der Waals surface area contributed by atoms with Crippen molar-refractivity contribution in [1.82, 2.24) is 0 Å². The number of ether oxygens (including phenoxy) is 1. The highest BCUT2D eigenvalue weighted by Crippen LogP contribution is 2.61. The van der Waals surface area contributed by atoms with Crippen LogP contribution in [0.5, 0.6) is 5.75 Å². The highest BCUT2D eigenvalue weighted by atomic mass is 35.5. The average Bonchev–Trinajstić information content (AvgIpc) is 3.43. The summed E-state index contributed by atoms with van der Waals surface area (Å²) in [5.41, 5.74) is 1.24. The molecule has 3 aliphatic rings. The van der Waals surface area contributed by atoms with E-state index >= 15 is 0 Å². The quantitative estimate of drug-likeness (QED) is 0.202. The number of anilines is 1. The molecule has 5 nitrogen and oxygen atoms in total. The topological polar surface area (TPSA) is 63.7 Å². The van der Waals surface area contributed by atoms with Gasteiger partial charge in [-0.3, -0.25) is 14.4 Å². The summed E-state index contributed by atoms with van der Waals surface area (Å²) in [6.07, 6.45) is 3.51. The Balaban J connectivity index is 1.54. The minimum absolute atomic E-state index is 0.272. The third-order valence-corrected chi connectivity index (χ3v) is 8.89. The standard InChI is InChI=1S/C34H23ClFNO4/c1-41-24-14-8-19(9-15-24)29-30(31(38)20-6-11-22(35)12-7-20)37-27-16-13-23(36)18-21(27)10-17-28(37)34(29)32(39)25-4-2-3-5-26(25)33(34)40/h2-18,28-30H,1H3/t28-,29+,30-/m1/s1. The number of Topliss-reactive ketones (excluding diaryl/α,β-unsaturated/α-hetero) is 3. The number of carbonyl (C=O) groups is 3. The van der Waals surface area contributed by atoms with E-state index in [2.05, 4.69) is 0 Å². The first-order valence-corrected chi connectivity index (χ1v) is 13.6. The van der Waals surface area contributed by atoms with Crippen LogP contribution in [0.15, 0.2) is 97.1 Å². The van der Waals surface area contributed by atoms with Crippen LogP contribution in [0, 0.1) is 11.2 Å². The Kier molecular flexibility index (Phi) is 5.73. The third kappa shape index (κ3) is 3.50. The third-order valence-electron chi connectivity index (χ3n) is 8.64. The zero-order valence-electron chi connectivity index (χ0n) is 21.9. The van der Waals surface area contributed by atoms with E-state index in [-0.39, 0.29) is 17.3 Å². The fourth-order valence-corrected chi connectivity index (χ4v) is 7.04. The lowest BCUT2D eigenvalue weighted by Gasteiger charge is -2.37. The molecule has 2 heterocycles. The first-order chi connectivity index (χ1) is 19.9. The molecule has 7 heteroatoms. The number of nitrogens with zero attached hydrogens (tertiary/aromatic N) is 1. The molecule has 0 amide bonds. The number of ketones is 3. The van der Waals surface area contributed by atoms with Gasteiger partial charge in [-0.15, -0.1) is 0 Å². The molecule has 0 unspecified atom stereocenters. The molecule has 41 heavy (non-hydrogen) atoms. The highest BCUT2D eigenvalue weighted by molar-refractivity contribution is 6.32. The minimum Gasteiger partial charge on any atom is -0.497 e. The lowest BCUT2D eigenvalue weighted by Crippen LogP contribution is -2.48. The molecule has 202 valence electrons. The zero-order valence-corrected chi connectivity index (χ0v) is 22.6. The molecule has 0 bridgehead atoms. The van der Waals surface area contributed by atoms with Gasteiger partial charge in [-0.25, -0.2) is 4.39 Å². The van der Waals surface area contributed by atoms with Crippen LogP contribution in [0.1, 0.15) is 48.1 Å². The molecule has 1 fully saturated rings. The molecular formula is C34H23ClFNO4. The second-order valence-corrected chi connectivity index (χ2v) is 11.0. The SMILES string of the molecule is COc1ccc([C@H]2[C@H](C(=O)c3ccc(Cl)cc3)N3c4ccc(F)cc4C=C[C@@H]3C23C(=O)c2ccccc2C3=O)cc1. The Bertz CT molecular complexity index is 1740. The van der Waals surface area contributed by atoms with Gasteiger partial charge in [0.15, 0.2) is 17.3 Å². The second-order valence-electron chi connectivity index (χ2n) is 10.6. The molecule has 0 aromatic heterocycles. The summed E-state index contributed by atoms with van der Waals surface area (Å²) in [6.45, 7) is 0. The fraction of sp³-hybridized carbons (Fsp3) is 0.147. The van der Waals surface area contributed by atoms with Gasteiger partial charge in [0, 0.05) is 38.9 Å². The monoisotopic (exact) mass is 563 g/mol. The number of methoxy groups -OCH3 is 1. The summed E-state index contributed by atoms with van der Waals surface area (Å²) in [7, 11) is 1.56. The van der Waals surface area contributed by atoms with Crippen molar-refractivity contribution in [2.45, 2.75) is 18.0 Å². The normalized spacial score (nSPS) is 21.5. The summed E-state index contributed by atoms with van der Waals surface area (Å²) in [5, 5.41) is 0.479. The van der Waals surface area contributed by atoms with E-state index in [0.29, 0.717) is 44.3 Å². The van der Waals surface area contributed by atoms with Gasteiger partial charge in [0.1, 0.15) is 23.0 Å². The Hall–Kier alpha value is -4.55. The molecular weight excluding hydrogens is 541 g/mol. The molecule has 7 rings (SSSR count). The number of carbonyl (C=O) groups excluding carboxylic acids is 3. The molecule has 1 saturated heterocycles. The van der Waals surface area contributed by atoms with Gasteiger partial charge in [-0.05, 0) is 60.2 Å². The van der Waals surface area contributed by atoms with E-state index in [1.807, 2.05) is 17.0 Å². The number of hydrogen-bond acceptors (Lipinski definition) is 5. The van der Waals surface area contributed by atoms with Crippen molar-refractivity contribution in [2.24, 2.45) is 5.41 Å². The van der Waals surface area contributed by atoms with Gasteiger partial charge in [-0.1, -0.05) is 60.2 Å². The molecule has 2 aliphatic heterocycles. The van der Waals surface area contributed by atoms with Gasteiger partial charge < -0.3 is 9.64 Å². The molecule has 3 atom stereocenters. The molecule has 1 aliphatic carbocycles. The average molecular weight is 564 g/mol. The van der Waals surface area contributed by atoms with Crippen molar-refractivity contribution in [3.8, 4) is 5.75 Å². The first-order valence-electron chi connectivity index (χ1n) is 13.2. The van der Waals surface area contributed by atoms with E-state index in [1.165, 1.54) is 12.1 Å². The Morgan fingerprint density at radius 1 is 0.902 bits per heavy atom. The van der Waals surface area contributed by atoms with Crippen LogP contribution >= 0.6 is 11.6 Å². The summed E-state index contributed by atoms with van der Waals surface area (Å²) in [4.78, 5) is 45.7. The van der Waals surface area contributed by atoms with Crippen LogP contribution in [0.25, 0.3) is 6.08 Å². The van der Waals surface area contributed by atoms with Crippen LogP contribution in [-0.2, 0) is 0 Å². The van der Waals surface area contributed by atoms with Crippen molar-refractivity contribution in [2.75, 3.05) is 12.0 Å². The predicted molar refractivity (Wildman–Crippen MR) is 155 cm³/mol. The molecule has 0 radical (unpaired) electrons. The zero-order chi connectivity index (χ0) is 28.5. The summed E-state index contributed by atoms with van der Waals surface area (Å²) >= 11 is 6.14. The molecule has 0 saturated carbocycles. The van der Waals surface area contributed by atoms with Crippen LogP contribution in [0.3, 0.4) is 0 Å². The molecule has 4 aromatic carbocycles. The van der Waals surface area contributed by atoms with Crippen molar-refractivity contribution in [1.29, 1.82) is 0 Å². The lowest BCUT2D eigenvalue weighted by molar-refractivity contribution is 0.0666. The van der Waals surface area contributed by atoms with Crippen molar-refractivity contribution < 1.29 is 23.5 Å².